The summed E-state index contributed by atoms with van der Waals surface area (Å²) in [6, 6.07) is 16.2. The molecule has 5 aromatic heterocycles. The van der Waals surface area contributed by atoms with Crippen molar-refractivity contribution in [2.45, 2.75) is 12.8 Å². The molecule has 5 heterocycles. The second-order valence-corrected chi connectivity index (χ2v) is 14.4. The lowest BCUT2D eigenvalue weighted by atomic mass is 10.1. The fourth-order valence-corrected chi connectivity index (χ4v) is 9.74. The van der Waals surface area contributed by atoms with Crippen molar-refractivity contribution in [3.8, 4) is 39.0 Å². The van der Waals surface area contributed by atoms with Crippen LogP contribution in [-0.4, -0.2) is 22.2 Å². The molecule has 5 aromatic rings. The van der Waals surface area contributed by atoms with Gasteiger partial charge in [0.1, 0.15) is 0 Å². The number of halogens is 1. The van der Waals surface area contributed by atoms with E-state index in [0.29, 0.717) is 0 Å². The third-order valence-electron chi connectivity index (χ3n) is 4.94. The van der Waals surface area contributed by atoms with Crippen LogP contribution in [0.2, 0.25) is 0 Å². The third-order valence-corrected chi connectivity index (χ3v) is 11.9. The maximum absolute atomic E-state index is 11.5. The number of thiophene rings is 5. The Morgan fingerprint density at radius 1 is 0.676 bits per heavy atom. The monoisotopic (exact) mass is 654 g/mol. The summed E-state index contributed by atoms with van der Waals surface area (Å²) < 4.78 is 1.19. The van der Waals surface area contributed by atoms with Crippen molar-refractivity contribution in [3.63, 3.8) is 0 Å². The van der Waals surface area contributed by atoms with Gasteiger partial charge in [0, 0.05) is 39.0 Å². The minimum Gasteiger partial charge on any atom is -0.481 e. The summed E-state index contributed by atoms with van der Waals surface area (Å²) >= 11 is 10.4. The Kier molecular flexibility index (Phi) is 7.05. The van der Waals surface area contributed by atoms with E-state index in [1.807, 2.05) is 41.8 Å². The van der Waals surface area contributed by atoms with E-state index in [9.17, 15) is 19.8 Å². The van der Waals surface area contributed by atoms with Gasteiger partial charge < -0.3 is 10.2 Å². The van der Waals surface area contributed by atoms with E-state index in [1.54, 1.807) is 56.7 Å². The lowest BCUT2D eigenvalue weighted by molar-refractivity contribution is -0.137. The Labute approximate surface area is 228 Å². The first-order chi connectivity index (χ1) is 16.4. The third kappa shape index (κ3) is 5.07. The zero-order chi connectivity index (χ0) is 23.8. The average Bonchev–Trinajstić information content (AvgIpc) is 3.57. The molecule has 0 aromatic carbocycles. The summed E-state index contributed by atoms with van der Waals surface area (Å²) in [5.41, 5.74) is 1.61. The van der Waals surface area contributed by atoms with Gasteiger partial charge in [-0.25, -0.2) is 0 Å². The van der Waals surface area contributed by atoms with E-state index < -0.39 is 11.9 Å². The molecule has 4 nitrogen and oxygen atoms in total. The Morgan fingerprint density at radius 2 is 1.24 bits per heavy atom. The summed E-state index contributed by atoms with van der Waals surface area (Å²) in [6.07, 6.45) is -0.0673. The van der Waals surface area contributed by atoms with E-state index in [1.165, 1.54) is 2.88 Å². The largest absolute Gasteiger partial charge is 0.481 e. The molecule has 0 radical (unpaired) electrons. The highest BCUT2D eigenvalue weighted by atomic mass is 127. The highest BCUT2D eigenvalue weighted by Gasteiger charge is 2.20. The van der Waals surface area contributed by atoms with Crippen molar-refractivity contribution in [1.82, 2.24) is 0 Å². The van der Waals surface area contributed by atoms with Gasteiger partial charge in [-0.05, 0) is 81.6 Å². The molecule has 0 saturated heterocycles. The molecule has 172 valence electrons. The van der Waals surface area contributed by atoms with Gasteiger partial charge in [0.25, 0.3) is 0 Å². The second-order valence-electron chi connectivity index (χ2n) is 7.32. The first-order valence-electron chi connectivity index (χ1n) is 9.96. The van der Waals surface area contributed by atoms with Gasteiger partial charge in [0.15, 0.2) is 0 Å². The van der Waals surface area contributed by atoms with Crippen molar-refractivity contribution >= 4 is 91.2 Å². The number of carboxylic acid groups (broad SMARTS) is 2. The number of hydrogen-bond acceptors (Lipinski definition) is 7. The van der Waals surface area contributed by atoms with Crippen LogP contribution in [0.15, 0.2) is 53.9 Å². The Hall–Kier alpha value is -1.83. The molecular weight excluding hydrogens is 639 g/mol. The van der Waals surface area contributed by atoms with Crippen LogP contribution in [0.25, 0.3) is 39.0 Å². The van der Waals surface area contributed by atoms with Gasteiger partial charge in [0.2, 0.25) is 0 Å². The fourth-order valence-electron chi connectivity index (χ4n) is 3.55. The molecule has 0 fully saturated rings. The van der Waals surface area contributed by atoms with Gasteiger partial charge in [-0.3, -0.25) is 9.59 Å². The molecule has 0 spiro atoms. The van der Waals surface area contributed by atoms with Crippen LogP contribution in [-0.2, 0) is 22.4 Å². The Balaban J connectivity index is 1.56. The number of carbonyl (C=O) groups is 2. The van der Waals surface area contributed by atoms with Crippen LogP contribution >= 0.6 is 79.3 Å². The van der Waals surface area contributed by atoms with Crippen molar-refractivity contribution in [2.75, 3.05) is 0 Å². The Morgan fingerprint density at radius 3 is 1.71 bits per heavy atom. The highest BCUT2D eigenvalue weighted by molar-refractivity contribution is 14.1. The average molecular weight is 655 g/mol. The van der Waals surface area contributed by atoms with Crippen molar-refractivity contribution < 1.29 is 19.8 Å². The molecule has 2 N–H and O–H groups in total. The highest BCUT2D eigenvalue weighted by Crippen LogP contribution is 2.47. The zero-order valence-electron chi connectivity index (χ0n) is 17.2. The predicted molar refractivity (Wildman–Crippen MR) is 153 cm³/mol. The topological polar surface area (TPSA) is 74.6 Å². The van der Waals surface area contributed by atoms with Crippen molar-refractivity contribution in [2.24, 2.45) is 0 Å². The summed E-state index contributed by atoms with van der Waals surface area (Å²) in [7, 11) is 0. The SMILES string of the molecule is O=C(O)Cc1cc(-c2cccs2)sc1-c1ccc(-c2sc(-c3ccc(I)s3)cc2CC(=O)O)s1. The second kappa shape index (κ2) is 10.0. The van der Waals surface area contributed by atoms with Gasteiger partial charge in [-0.1, -0.05) is 6.07 Å². The molecule has 0 atom stereocenters. The van der Waals surface area contributed by atoms with Crippen molar-refractivity contribution in [1.29, 1.82) is 0 Å². The van der Waals surface area contributed by atoms with E-state index in [2.05, 4.69) is 34.7 Å². The normalized spacial score (nSPS) is 11.2. The van der Waals surface area contributed by atoms with E-state index in [4.69, 9.17) is 0 Å². The molecule has 0 bridgehead atoms. The van der Waals surface area contributed by atoms with E-state index >= 15 is 0 Å². The minimum atomic E-state index is -0.856. The van der Waals surface area contributed by atoms with E-state index in [-0.39, 0.29) is 12.8 Å². The van der Waals surface area contributed by atoms with Crippen LogP contribution in [0, 0.1) is 2.88 Å². The van der Waals surface area contributed by atoms with Gasteiger partial charge in [-0.15, -0.1) is 56.7 Å². The van der Waals surface area contributed by atoms with Crippen LogP contribution in [0.4, 0.5) is 0 Å². The lowest BCUT2D eigenvalue weighted by Crippen LogP contribution is -1.99. The zero-order valence-corrected chi connectivity index (χ0v) is 23.5. The minimum absolute atomic E-state index is 0.0329. The number of carboxylic acids is 2. The first-order valence-corrected chi connectivity index (χ1v) is 15.2. The molecule has 0 aliphatic heterocycles. The molecule has 0 unspecified atom stereocenters. The molecule has 0 amide bonds. The predicted octanol–water partition coefficient (Wildman–Crippen LogP) is 8.52. The summed E-state index contributed by atoms with van der Waals surface area (Å²) in [5, 5.41) is 20.9. The number of hydrogen-bond donors (Lipinski definition) is 2. The van der Waals surface area contributed by atoms with Crippen LogP contribution in [0.3, 0.4) is 0 Å². The summed E-state index contributed by atoms with van der Waals surface area (Å²) in [4.78, 5) is 31.4. The van der Waals surface area contributed by atoms with Crippen LogP contribution in [0.5, 0.6) is 0 Å². The van der Waals surface area contributed by atoms with Gasteiger partial charge >= 0.3 is 11.9 Å². The Bertz CT molecular complexity index is 1490. The van der Waals surface area contributed by atoms with Gasteiger partial charge in [0.05, 0.1) is 15.7 Å². The van der Waals surface area contributed by atoms with Crippen LogP contribution in [0.1, 0.15) is 11.1 Å². The van der Waals surface area contributed by atoms with Crippen LogP contribution < -0.4 is 0 Å². The molecule has 0 aliphatic carbocycles. The molecule has 10 heteroatoms. The fraction of sp³-hybridized carbons (Fsp3) is 0.0833. The first kappa shape index (κ1) is 23.9. The van der Waals surface area contributed by atoms with Crippen molar-refractivity contribution in [3.05, 3.63) is 67.9 Å². The molecule has 34 heavy (non-hydrogen) atoms. The summed E-state index contributed by atoms with van der Waals surface area (Å²) in [6.45, 7) is 0. The lowest BCUT2D eigenvalue weighted by Gasteiger charge is -1.99. The maximum atomic E-state index is 11.5. The molecular formula is C24H15IO4S5. The number of aliphatic carboxylic acids is 2. The number of rotatable bonds is 8. The van der Waals surface area contributed by atoms with E-state index in [0.717, 1.165) is 50.1 Å². The molecule has 0 saturated carbocycles. The quantitative estimate of drug-likeness (QED) is 0.165. The molecule has 5 rings (SSSR count). The maximum Gasteiger partial charge on any atom is 0.307 e. The summed E-state index contributed by atoms with van der Waals surface area (Å²) in [5.74, 6) is -1.71. The standard InChI is InChI=1S/C24H15IO4S5/c25-20-6-5-15(32-20)19-9-13(11-22(28)29)24(34-19)17-4-3-16(31-17)23-12(10-21(26)27)8-18(33-23)14-2-1-7-30-14/h1-9H,10-11H2,(H,26,27)(H,28,29). The smallest absolute Gasteiger partial charge is 0.307 e. The molecule has 0 aliphatic rings. The van der Waals surface area contributed by atoms with Gasteiger partial charge in [-0.2, -0.15) is 0 Å².